The van der Waals surface area contributed by atoms with Crippen LogP contribution >= 0.6 is 11.3 Å². The van der Waals surface area contributed by atoms with Crippen LogP contribution in [-0.2, 0) is 5.41 Å². The number of thiophene rings is 1. The molecular formula is C16H22N2S. The van der Waals surface area contributed by atoms with E-state index in [0.717, 1.165) is 0 Å². The van der Waals surface area contributed by atoms with Crippen molar-refractivity contribution in [2.45, 2.75) is 39.2 Å². The summed E-state index contributed by atoms with van der Waals surface area (Å²) in [4.78, 5) is 2.56. The lowest BCUT2D eigenvalue weighted by Gasteiger charge is -2.21. The molecule has 0 aliphatic heterocycles. The first-order valence-corrected chi connectivity index (χ1v) is 7.36. The Hall–Kier alpha value is -1.16. The average molecular weight is 274 g/mol. The van der Waals surface area contributed by atoms with Crippen LogP contribution in [0, 0.1) is 6.92 Å². The largest absolute Gasteiger partial charge is 0.271 e. The van der Waals surface area contributed by atoms with Gasteiger partial charge in [0.25, 0.3) is 0 Å². The quantitative estimate of drug-likeness (QED) is 0.658. The normalized spacial score (nSPS) is 13.5. The summed E-state index contributed by atoms with van der Waals surface area (Å²) in [5, 5.41) is 0. The lowest BCUT2D eigenvalue weighted by Crippen LogP contribution is -2.28. The molecule has 19 heavy (non-hydrogen) atoms. The number of nitrogens with one attached hydrogen (secondary N) is 1. The molecule has 2 rings (SSSR count). The molecule has 0 saturated heterocycles. The lowest BCUT2D eigenvalue weighted by molar-refractivity contribution is 0.588. The van der Waals surface area contributed by atoms with E-state index in [0.29, 0.717) is 0 Å². The van der Waals surface area contributed by atoms with Gasteiger partial charge in [-0.3, -0.25) is 5.84 Å². The third-order valence-electron chi connectivity index (χ3n) is 3.32. The standard InChI is InChI=1S/C16H22N2S/c1-11-5-10-14(19-11)15(18-17)12-6-8-13(9-7-12)16(2,3)4/h5-10,15,18H,17H2,1-4H3. The van der Waals surface area contributed by atoms with Gasteiger partial charge in [-0.05, 0) is 35.6 Å². The van der Waals surface area contributed by atoms with Crippen LogP contribution in [0.3, 0.4) is 0 Å². The van der Waals surface area contributed by atoms with Gasteiger partial charge in [0, 0.05) is 9.75 Å². The first-order chi connectivity index (χ1) is 8.91. The highest BCUT2D eigenvalue weighted by molar-refractivity contribution is 7.12. The molecule has 1 unspecified atom stereocenters. The average Bonchev–Trinajstić information content (AvgIpc) is 2.76. The van der Waals surface area contributed by atoms with Gasteiger partial charge in [-0.2, -0.15) is 0 Å². The highest BCUT2D eigenvalue weighted by Crippen LogP contribution is 2.29. The molecule has 1 aromatic heterocycles. The van der Waals surface area contributed by atoms with E-state index in [1.807, 2.05) is 0 Å². The molecule has 0 aliphatic rings. The van der Waals surface area contributed by atoms with Crippen LogP contribution in [0.2, 0.25) is 0 Å². The molecule has 1 aromatic carbocycles. The van der Waals surface area contributed by atoms with Crippen LogP contribution < -0.4 is 11.3 Å². The van der Waals surface area contributed by atoms with Gasteiger partial charge in [-0.25, -0.2) is 5.43 Å². The smallest absolute Gasteiger partial charge is 0.0802 e. The Bertz CT molecular complexity index is 535. The van der Waals surface area contributed by atoms with Crippen molar-refractivity contribution in [3.8, 4) is 0 Å². The van der Waals surface area contributed by atoms with E-state index in [1.54, 1.807) is 11.3 Å². The van der Waals surface area contributed by atoms with Gasteiger partial charge in [-0.1, -0.05) is 45.0 Å². The van der Waals surface area contributed by atoms with Crippen molar-refractivity contribution >= 4 is 11.3 Å². The lowest BCUT2D eigenvalue weighted by atomic mass is 9.86. The molecule has 0 radical (unpaired) electrons. The van der Waals surface area contributed by atoms with Gasteiger partial charge in [0.15, 0.2) is 0 Å². The van der Waals surface area contributed by atoms with Crippen molar-refractivity contribution in [2.24, 2.45) is 5.84 Å². The molecule has 1 atom stereocenters. The molecule has 3 N–H and O–H groups in total. The Morgan fingerprint density at radius 3 is 2.11 bits per heavy atom. The van der Waals surface area contributed by atoms with E-state index >= 15 is 0 Å². The van der Waals surface area contributed by atoms with Crippen molar-refractivity contribution in [1.29, 1.82) is 0 Å². The second-order valence-electron chi connectivity index (χ2n) is 5.92. The SMILES string of the molecule is Cc1ccc(C(NN)c2ccc(C(C)(C)C)cc2)s1. The summed E-state index contributed by atoms with van der Waals surface area (Å²) in [6, 6.07) is 13.1. The minimum Gasteiger partial charge on any atom is -0.271 e. The monoisotopic (exact) mass is 274 g/mol. The van der Waals surface area contributed by atoms with Crippen molar-refractivity contribution in [3.05, 3.63) is 57.3 Å². The maximum absolute atomic E-state index is 5.73. The van der Waals surface area contributed by atoms with Crippen LogP contribution in [0.1, 0.15) is 47.7 Å². The summed E-state index contributed by atoms with van der Waals surface area (Å²) >= 11 is 1.78. The van der Waals surface area contributed by atoms with Crippen molar-refractivity contribution < 1.29 is 0 Å². The fraction of sp³-hybridized carbons (Fsp3) is 0.375. The summed E-state index contributed by atoms with van der Waals surface area (Å²) in [6.45, 7) is 8.79. The zero-order valence-corrected chi connectivity index (χ0v) is 12.8. The van der Waals surface area contributed by atoms with E-state index in [2.05, 4.69) is 69.5 Å². The molecule has 0 spiro atoms. The van der Waals surface area contributed by atoms with Gasteiger partial charge >= 0.3 is 0 Å². The Morgan fingerprint density at radius 2 is 1.68 bits per heavy atom. The third kappa shape index (κ3) is 3.24. The molecule has 0 saturated carbocycles. The molecule has 0 bridgehead atoms. The number of benzene rings is 1. The van der Waals surface area contributed by atoms with Crippen molar-refractivity contribution in [3.63, 3.8) is 0 Å². The maximum atomic E-state index is 5.73. The molecule has 3 heteroatoms. The predicted octanol–water partition coefficient (Wildman–Crippen LogP) is 3.91. The molecule has 0 aliphatic carbocycles. The zero-order valence-electron chi connectivity index (χ0n) is 12.0. The number of hydrogen-bond acceptors (Lipinski definition) is 3. The first kappa shape index (κ1) is 14.3. The number of hydrazine groups is 1. The molecule has 2 nitrogen and oxygen atoms in total. The van der Waals surface area contributed by atoms with Crippen LogP contribution in [0.15, 0.2) is 36.4 Å². The second kappa shape index (κ2) is 5.45. The van der Waals surface area contributed by atoms with Gasteiger partial charge in [0.05, 0.1) is 6.04 Å². The Morgan fingerprint density at radius 1 is 1.05 bits per heavy atom. The number of nitrogens with two attached hydrogens (primary N) is 1. The van der Waals surface area contributed by atoms with E-state index < -0.39 is 0 Å². The van der Waals surface area contributed by atoms with Crippen molar-refractivity contribution in [2.75, 3.05) is 0 Å². The van der Waals surface area contributed by atoms with Gasteiger partial charge in [0.2, 0.25) is 0 Å². The zero-order chi connectivity index (χ0) is 14.0. The molecule has 102 valence electrons. The van der Waals surface area contributed by atoms with Gasteiger partial charge in [-0.15, -0.1) is 11.3 Å². The van der Waals surface area contributed by atoms with Crippen LogP contribution in [0.25, 0.3) is 0 Å². The summed E-state index contributed by atoms with van der Waals surface area (Å²) < 4.78 is 0. The highest BCUT2D eigenvalue weighted by Gasteiger charge is 2.17. The van der Waals surface area contributed by atoms with E-state index in [4.69, 9.17) is 5.84 Å². The molecule has 1 heterocycles. The summed E-state index contributed by atoms with van der Waals surface area (Å²) in [5.74, 6) is 5.73. The van der Waals surface area contributed by atoms with Crippen LogP contribution in [0.5, 0.6) is 0 Å². The predicted molar refractivity (Wildman–Crippen MR) is 83.4 cm³/mol. The third-order valence-corrected chi connectivity index (χ3v) is 4.39. The molecule has 2 aromatic rings. The maximum Gasteiger partial charge on any atom is 0.0802 e. The van der Waals surface area contributed by atoms with Crippen LogP contribution in [-0.4, -0.2) is 0 Å². The van der Waals surface area contributed by atoms with E-state index in [1.165, 1.54) is 20.9 Å². The Kier molecular flexibility index (Phi) is 4.09. The van der Waals surface area contributed by atoms with Crippen LogP contribution in [0.4, 0.5) is 0 Å². The topological polar surface area (TPSA) is 38.0 Å². The fourth-order valence-electron chi connectivity index (χ4n) is 2.13. The minimum atomic E-state index is 0.0766. The number of rotatable bonds is 3. The summed E-state index contributed by atoms with van der Waals surface area (Å²) in [5.41, 5.74) is 5.65. The van der Waals surface area contributed by atoms with Gasteiger partial charge in [0.1, 0.15) is 0 Å². The molecule has 0 fully saturated rings. The second-order valence-corrected chi connectivity index (χ2v) is 7.24. The summed E-state index contributed by atoms with van der Waals surface area (Å²) in [7, 11) is 0. The molecular weight excluding hydrogens is 252 g/mol. The minimum absolute atomic E-state index is 0.0766. The Balaban J connectivity index is 2.30. The Labute approximate surface area is 119 Å². The number of aryl methyl sites for hydroxylation is 1. The number of hydrogen-bond donors (Lipinski definition) is 2. The van der Waals surface area contributed by atoms with E-state index in [-0.39, 0.29) is 11.5 Å². The summed E-state index contributed by atoms with van der Waals surface area (Å²) in [6.07, 6.45) is 0. The van der Waals surface area contributed by atoms with Crippen molar-refractivity contribution in [1.82, 2.24) is 5.43 Å². The van der Waals surface area contributed by atoms with Gasteiger partial charge < -0.3 is 0 Å². The molecule has 0 amide bonds. The first-order valence-electron chi connectivity index (χ1n) is 6.54. The highest BCUT2D eigenvalue weighted by atomic mass is 32.1. The fourth-order valence-corrected chi connectivity index (χ4v) is 3.09. The van der Waals surface area contributed by atoms with E-state index in [9.17, 15) is 0 Å².